The summed E-state index contributed by atoms with van der Waals surface area (Å²) in [6, 6.07) is 9.52. The standard InChI is InChI=1S/C55H82N10O17/c1-38(2)43-33-44(47(68)34-46(43)67)52-58-59-53(65(52)42-6-4-40(5-7-42)32-41-10-14-63(15-11-41)39(3)66)54(76)57-13-25-80-27-29-82-31-30-81-28-26-79-24-12-56-48(69)9-8-45(55(77)78)64-22-20-61(36-50(72)73)18-16-60(35-49(70)71)17-19-62(21-23-64)37-51(74)75/h4-7,33-34,38,41,45,67-68H,8-32,35-37H2,1-3H3,(H,56,69)(H,57,76)(H,70,71)(H,72,73)(H,74,75)(H,77,78). The third-order valence-corrected chi connectivity index (χ3v) is 14.2. The van der Waals surface area contributed by atoms with Gasteiger partial charge in [0.2, 0.25) is 17.6 Å². The van der Waals surface area contributed by atoms with Crippen molar-refractivity contribution >= 4 is 41.6 Å². The second kappa shape index (κ2) is 34.6. The number of benzene rings is 2. The van der Waals surface area contributed by atoms with Crippen LogP contribution < -0.4 is 10.6 Å². The zero-order valence-corrected chi connectivity index (χ0v) is 47.2. The highest BCUT2D eigenvalue weighted by Gasteiger charge is 2.30. The predicted molar refractivity (Wildman–Crippen MR) is 296 cm³/mol. The zero-order valence-electron chi connectivity index (χ0n) is 47.2. The van der Waals surface area contributed by atoms with Gasteiger partial charge in [-0.25, -0.2) is 0 Å². The van der Waals surface area contributed by atoms with E-state index in [-0.39, 0.29) is 186 Å². The van der Waals surface area contributed by atoms with E-state index in [1.165, 1.54) is 6.07 Å². The van der Waals surface area contributed by atoms with E-state index >= 15 is 0 Å². The van der Waals surface area contributed by atoms with Crippen LogP contribution in [0.25, 0.3) is 17.1 Å². The van der Waals surface area contributed by atoms with Crippen LogP contribution in [0, 0.1) is 5.92 Å². The summed E-state index contributed by atoms with van der Waals surface area (Å²) in [5, 5.41) is 74.3. The highest BCUT2D eigenvalue weighted by molar-refractivity contribution is 5.92. The lowest BCUT2D eigenvalue weighted by atomic mass is 9.90. The minimum atomic E-state index is -1.19. The Morgan fingerprint density at radius 2 is 1.11 bits per heavy atom. The van der Waals surface area contributed by atoms with Gasteiger partial charge < -0.3 is 65.1 Å². The number of carboxylic acids is 4. The molecule has 454 valence electrons. The molecule has 1 aromatic heterocycles. The summed E-state index contributed by atoms with van der Waals surface area (Å²) in [5.74, 6) is -5.03. The van der Waals surface area contributed by atoms with Gasteiger partial charge in [-0.1, -0.05) is 26.0 Å². The van der Waals surface area contributed by atoms with E-state index in [2.05, 4.69) is 20.8 Å². The number of nitrogens with one attached hydrogen (secondary N) is 2. The largest absolute Gasteiger partial charge is 0.508 e. The zero-order chi connectivity index (χ0) is 59.6. The Balaban J connectivity index is 0.971. The second-order valence-corrected chi connectivity index (χ2v) is 20.6. The molecular weight excluding hydrogens is 1070 g/mol. The van der Waals surface area contributed by atoms with Crippen molar-refractivity contribution in [3.8, 4) is 28.6 Å². The maximum atomic E-state index is 13.7. The van der Waals surface area contributed by atoms with Gasteiger partial charge in [0.1, 0.15) is 17.5 Å². The molecule has 27 heteroatoms. The minimum Gasteiger partial charge on any atom is -0.508 e. The van der Waals surface area contributed by atoms with Crippen molar-refractivity contribution < 1.29 is 83.1 Å². The Morgan fingerprint density at radius 1 is 0.622 bits per heavy atom. The van der Waals surface area contributed by atoms with Crippen molar-refractivity contribution in [3.63, 3.8) is 0 Å². The number of ether oxygens (including phenoxy) is 4. The van der Waals surface area contributed by atoms with E-state index in [0.717, 1.165) is 37.9 Å². The van der Waals surface area contributed by atoms with Gasteiger partial charge in [-0.05, 0) is 66.8 Å². The van der Waals surface area contributed by atoms with Crippen molar-refractivity contribution in [1.29, 1.82) is 0 Å². The summed E-state index contributed by atoms with van der Waals surface area (Å²) >= 11 is 0. The topological polar surface area (TPSA) is 349 Å². The normalized spacial score (nSPS) is 16.1. The van der Waals surface area contributed by atoms with Gasteiger partial charge in [0.25, 0.3) is 5.91 Å². The van der Waals surface area contributed by atoms with E-state index in [0.29, 0.717) is 22.7 Å². The minimum absolute atomic E-state index is 0.0144. The van der Waals surface area contributed by atoms with Gasteiger partial charge in [-0.2, -0.15) is 0 Å². The quantitative estimate of drug-likeness (QED) is 0.0402. The average Bonchev–Trinajstić information content (AvgIpc) is 4.02. The molecule has 0 spiro atoms. The van der Waals surface area contributed by atoms with E-state index in [9.17, 15) is 64.2 Å². The molecule has 0 aliphatic carbocycles. The molecule has 3 amide bonds. The first kappa shape index (κ1) is 66.0. The molecule has 0 radical (unpaired) electrons. The molecule has 27 nitrogen and oxygen atoms in total. The van der Waals surface area contributed by atoms with Crippen LogP contribution in [0.15, 0.2) is 36.4 Å². The highest BCUT2D eigenvalue weighted by atomic mass is 16.6. The van der Waals surface area contributed by atoms with E-state index in [1.54, 1.807) is 37.2 Å². The first-order valence-corrected chi connectivity index (χ1v) is 27.8. The van der Waals surface area contributed by atoms with Crippen molar-refractivity contribution in [3.05, 3.63) is 53.3 Å². The number of aromatic nitrogens is 3. The summed E-state index contributed by atoms with van der Waals surface area (Å²) in [6.07, 6.45) is 2.48. The number of carbonyl (C=O) groups excluding carboxylic acids is 3. The molecule has 5 rings (SSSR count). The van der Waals surface area contributed by atoms with Crippen LogP contribution >= 0.6 is 0 Å². The van der Waals surface area contributed by atoms with Crippen LogP contribution in [0.3, 0.4) is 0 Å². The molecular formula is C55H82N10O17. The number of piperidine rings is 1. The monoisotopic (exact) mass is 1150 g/mol. The van der Waals surface area contributed by atoms with Gasteiger partial charge in [-0.3, -0.25) is 57.7 Å². The van der Waals surface area contributed by atoms with Gasteiger partial charge in [-0.15, -0.1) is 10.2 Å². The van der Waals surface area contributed by atoms with Crippen molar-refractivity contribution in [2.24, 2.45) is 5.92 Å². The van der Waals surface area contributed by atoms with Crippen molar-refractivity contribution in [2.75, 3.05) is 151 Å². The predicted octanol–water partition coefficient (Wildman–Crippen LogP) is 0.891. The SMILES string of the molecule is CC(=O)N1CCC(Cc2ccc(-n3c(C(=O)NCCOCCOCCOCCOCCNC(=O)CCC(C(=O)O)N4CCN(CC(=O)O)CCN(CC(=O)O)CCN(CC(=O)O)CC4)nnc3-c3cc(C(C)C)c(O)cc3O)cc2)CC1. The molecule has 1 atom stereocenters. The highest BCUT2D eigenvalue weighted by Crippen LogP contribution is 2.38. The lowest BCUT2D eigenvalue weighted by Crippen LogP contribution is -2.52. The average molecular weight is 1160 g/mol. The van der Waals surface area contributed by atoms with Gasteiger partial charge >= 0.3 is 23.9 Å². The number of phenols is 2. The molecule has 2 aromatic carbocycles. The molecule has 0 bridgehead atoms. The summed E-state index contributed by atoms with van der Waals surface area (Å²) in [6.45, 7) is 9.36. The van der Waals surface area contributed by atoms with Gasteiger partial charge in [0.05, 0.1) is 78.1 Å². The Hall–Kier alpha value is -6.85. The number of likely N-dealkylation sites (tertiary alicyclic amines) is 1. The third-order valence-electron chi connectivity index (χ3n) is 14.2. The number of rotatable bonds is 32. The third kappa shape index (κ3) is 22.5. The first-order chi connectivity index (χ1) is 39.3. The number of phenolic OH excluding ortho intramolecular Hbond substituents is 2. The van der Waals surface area contributed by atoms with Crippen LogP contribution in [0.4, 0.5) is 0 Å². The van der Waals surface area contributed by atoms with Crippen LogP contribution in [0.5, 0.6) is 11.5 Å². The molecule has 0 saturated carbocycles. The van der Waals surface area contributed by atoms with Crippen LogP contribution in [-0.2, 0) is 54.1 Å². The summed E-state index contributed by atoms with van der Waals surface area (Å²) in [5.41, 5.74) is 2.59. The number of aliphatic carboxylic acids is 4. The molecule has 3 heterocycles. The van der Waals surface area contributed by atoms with E-state index in [4.69, 9.17) is 18.9 Å². The Bertz CT molecular complexity index is 2510. The molecule has 3 aromatic rings. The van der Waals surface area contributed by atoms with Crippen LogP contribution in [-0.4, -0.2) is 269 Å². The van der Waals surface area contributed by atoms with E-state index in [1.807, 2.05) is 43.0 Å². The number of amides is 3. The van der Waals surface area contributed by atoms with Gasteiger partial charge in [0, 0.05) is 104 Å². The van der Waals surface area contributed by atoms with Crippen molar-refractivity contribution in [1.82, 2.24) is 49.9 Å². The number of hydrogen-bond donors (Lipinski definition) is 8. The maximum Gasteiger partial charge on any atom is 0.320 e. The fourth-order valence-corrected chi connectivity index (χ4v) is 9.72. The molecule has 82 heavy (non-hydrogen) atoms. The Labute approximate surface area is 477 Å². The van der Waals surface area contributed by atoms with Crippen LogP contribution in [0.1, 0.15) is 74.1 Å². The lowest BCUT2D eigenvalue weighted by molar-refractivity contribution is -0.145. The Morgan fingerprint density at radius 3 is 1.59 bits per heavy atom. The molecule has 2 aliphatic rings. The molecule has 2 saturated heterocycles. The molecule has 1 unspecified atom stereocenters. The Kier molecular flexibility index (Phi) is 27.8. The maximum absolute atomic E-state index is 13.7. The summed E-state index contributed by atoms with van der Waals surface area (Å²) in [4.78, 5) is 93.8. The molecule has 8 N–H and O–H groups in total. The number of carboxylic acid groups (broad SMARTS) is 4. The number of carbonyl (C=O) groups is 7. The van der Waals surface area contributed by atoms with E-state index < -0.39 is 41.7 Å². The first-order valence-electron chi connectivity index (χ1n) is 27.8. The molecule has 2 fully saturated rings. The summed E-state index contributed by atoms with van der Waals surface area (Å²) < 4.78 is 23.9. The fourth-order valence-electron chi connectivity index (χ4n) is 9.72. The number of aromatic hydroxyl groups is 2. The second-order valence-electron chi connectivity index (χ2n) is 20.6. The number of hydrogen-bond acceptors (Lipinski definition) is 19. The van der Waals surface area contributed by atoms with Gasteiger partial charge in [0.15, 0.2) is 5.82 Å². The van der Waals surface area contributed by atoms with Crippen molar-refractivity contribution in [2.45, 2.75) is 64.8 Å². The molecule has 2 aliphatic heterocycles. The number of nitrogens with zero attached hydrogens (tertiary/aromatic N) is 8. The lowest BCUT2D eigenvalue weighted by Gasteiger charge is -2.35. The smallest absolute Gasteiger partial charge is 0.320 e. The van der Waals surface area contributed by atoms with Crippen LogP contribution in [0.2, 0.25) is 0 Å². The fraction of sp³-hybridized carbons (Fsp3) is 0.618. The summed E-state index contributed by atoms with van der Waals surface area (Å²) in [7, 11) is 0.